The molecule has 0 N–H and O–H groups in total. The van der Waals surface area contributed by atoms with Crippen molar-refractivity contribution in [3.8, 4) is 61.3 Å². The topological polar surface area (TPSA) is 11.4 Å². The maximum absolute atomic E-state index is 2.66. The van der Waals surface area contributed by atoms with E-state index >= 15 is 0 Å². The van der Waals surface area contributed by atoms with Crippen LogP contribution in [0.5, 0.6) is 0 Å². The molecule has 0 saturated carbocycles. The second-order valence-electron chi connectivity index (χ2n) is 24.3. The number of hydrogen-bond donors (Lipinski definition) is 0. The van der Waals surface area contributed by atoms with Gasteiger partial charge in [0.25, 0.3) is 0 Å². The first kappa shape index (κ1) is 51.7. The van der Waals surface area contributed by atoms with Crippen molar-refractivity contribution >= 4 is 55.9 Å². The normalized spacial score (nSPS) is 13.8. The van der Waals surface area contributed by atoms with Gasteiger partial charge in [0.1, 0.15) is 0 Å². The summed E-state index contributed by atoms with van der Waals surface area (Å²) in [5, 5.41) is 2.47. The van der Waals surface area contributed by atoms with E-state index in [9.17, 15) is 0 Å². The average molecular weight is 1150 g/mol. The van der Waals surface area contributed by atoms with Crippen LogP contribution in [0.25, 0.3) is 83.1 Å². The Morgan fingerprint density at radius 1 is 0.233 bits per heavy atom. The van der Waals surface area contributed by atoms with Crippen molar-refractivity contribution in [3.63, 3.8) is 0 Å². The second kappa shape index (κ2) is 21.1. The molecule has 3 heterocycles. The Balaban J connectivity index is 0.998. The molecule has 14 aromatic carbocycles. The molecule has 0 amide bonds. The van der Waals surface area contributed by atoms with Gasteiger partial charge in [-0.15, -0.1) is 0 Å². The third kappa shape index (κ3) is 8.49. The van der Waals surface area contributed by atoms with Gasteiger partial charge in [-0.05, 0) is 186 Å². The zero-order chi connectivity index (χ0) is 59.2. The highest BCUT2D eigenvalue weighted by molar-refractivity contribution is 6.09. The molecule has 422 valence electrons. The van der Waals surface area contributed by atoms with Gasteiger partial charge in [0.05, 0.1) is 33.8 Å². The van der Waals surface area contributed by atoms with E-state index in [1.54, 1.807) is 0 Å². The minimum Gasteiger partial charge on any atom is -0.310 e. The van der Waals surface area contributed by atoms with E-state index in [0.717, 1.165) is 73.9 Å². The highest BCUT2D eigenvalue weighted by Gasteiger charge is 2.43. The molecule has 3 heteroatoms. The molecular weight excluding hydrogens is 1090 g/mol. The van der Waals surface area contributed by atoms with Gasteiger partial charge < -0.3 is 14.4 Å². The van der Waals surface area contributed by atoms with E-state index in [1.807, 2.05) is 0 Å². The monoisotopic (exact) mass is 1150 g/mol. The molecule has 0 bridgehead atoms. The first-order chi connectivity index (χ1) is 44.6. The van der Waals surface area contributed by atoms with Crippen molar-refractivity contribution in [2.45, 2.75) is 18.3 Å². The Morgan fingerprint density at radius 3 is 1.12 bits per heavy atom. The highest BCUT2D eigenvalue weighted by atomic mass is 15.2. The van der Waals surface area contributed by atoms with E-state index in [-0.39, 0.29) is 11.8 Å². The van der Waals surface area contributed by atoms with Gasteiger partial charge in [-0.2, -0.15) is 0 Å². The summed E-state index contributed by atoms with van der Waals surface area (Å²) in [6.07, 6.45) is 0.889. The SMILES string of the molecule is c1ccc(-c2cc(-c3ccccc3)cc(N3c4ccc(-c5ccccc5)cc4C4c5ccc(-n6c7ccccc7c7ccccc76)cc5N(c5cc(-c6ccccc6)cc(-c6ccccc6)c5)c5cc(C6c7ccccc7Cc7ccccc76)cc3c54)c2)cc1. The van der Waals surface area contributed by atoms with Gasteiger partial charge in [0.15, 0.2) is 0 Å². The Labute approximate surface area is 524 Å². The predicted octanol–water partition coefficient (Wildman–Crippen LogP) is 22.9. The number of anilines is 6. The van der Waals surface area contributed by atoms with E-state index in [0.29, 0.717) is 0 Å². The Hall–Kier alpha value is -11.5. The lowest BCUT2D eigenvalue weighted by Gasteiger charge is -2.46. The zero-order valence-corrected chi connectivity index (χ0v) is 49.5. The molecule has 0 radical (unpaired) electrons. The average Bonchev–Trinajstić information content (AvgIpc) is 0.754. The first-order valence-corrected chi connectivity index (χ1v) is 31.4. The largest absolute Gasteiger partial charge is 0.310 e. The minimum absolute atomic E-state index is 0.0619. The maximum Gasteiger partial charge on any atom is 0.0541 e. The summed E-state index contributed by atoms with van der Waals surface area (Å²) in [4.78, 5) is 5.29. The van der Waals surface area contributed by atoms with Crippen LogP contribution in [0.2, 0.25) is 0 Å². The third-order valence-corrected chi connectivity index (χ3v) is 19.2. The van der Waals surface area contributed by atoms with Crippen molar-refractivity contribution in [3.05, 3.63) is 378 Å². The van der Waals surface area contributed by atoms with Crippen LogP contribution >= 0.6 is 0 Å². The van der Waals surface area contributed by atoms with Gasteiger partial charge in [0.2, 0.25) is 0 Å². The van der Waals surface area contributed by atoms with Crippen molar-refractivity contribution in [2.24, 2.45) is 0 Å². The maximum atomic E-state index is 2.66. The summed E-state index contributed by atoms with van der Waals surface area (Å²) < 4.78 is 2.49. The molecule has 18 rings (SSSR count). The van der Waals surface area contributed by atoms with Gasteiger partial charge in [-0.3, -0.25) is 0 Å². The van der Waals surface area contributed by atoms with Crippen LogP contribution in [0.15, 0.2) is 334 Å². The molecule has 1 aliphatic carbocycles. The van der Waals surface area contributed by atoms with Crippen LogP contribution in [-0.4, -0.2) is 4.57 Å². The molecule has 2 aliphatic heterocycles. The van der Waals surface area contributed by atoms with Crippen LogP contribution < -0.4 is 9.80 Å². The number of hydrogen-bond acceptors (Lipinski definition) is 2. The summed E-state index contributed by atoms with van der Waals surface area (Å²) in [5.74, 6) is -0.242. The van der Waals surface area contributed by atoms with Crippen LogP contribution in [0.4, 0.5) is 34.1 Å². The highest BCUT2D eigenvalue weighted by Crippen LogP contribution is 2.63. The second-order valence-corrected chi connectivity index (χ2v) is 24.3. The van der Waals surface area contributed by atoms with Crippen LogP contribution in [0.3, 0.4) is 0 Å². The Morgan fingerprint density at radius 2 is 0.644 bits per heavy atom. The van der Waals surface area contributed by atoms with Crippen LogP contribution in [-0.2, 0) is 6.42 Å². The number of rotatable bonds is 9. The lowest BCUT2D eigenvalue weighted by molar-refractivity contribution is 0.869. The summed E-state index contributed by atoms with van der Waals surface area (Å²) in [7, 11) is 0. The van der Waals surface area contributed by atoms with Gasteiger partial charge >= 0.3 is 0 Å². The summed E-state index contributed by atoms with van der Waals surface area (Å²) >= 11 is 0. The smallest absolute Gasteiger partial charge is 0.0541 e. The van der Waals surface area contributed by atoms with E-state index in [4.69, 9.17) is 0 Å². The lowest BCUT2D eigenvalue weighted by atomic mass is 9.71. The molecule has 3 aliphatic rings. The molecule has 0 saturated heterocycles. The molecule has 1 unspecified atom stereocenters. The minimum atomic E-state index is -0.180. The zero-order valence-electron chi connectivity index (χ0n) is 49.5. The molecule has 0 spiro atoms. The van der Waals surface area contributed by atoms with E-state index in [1.165, 1.54) is 94.3 Å². The van der Waals surface area contributed by atoms with Crippen molar-refractivity contribution in [1.82, 2.24) is 4.57 Å². The number of fused-ring (bicyclic) bond motifs is 9. The fraction of sp³-hybridized carbons (Fsp3) is 0.0345. The van der Waals surface area contributed by atoms with Crippen molar-refractivity contribution in [1.29, 1.82) is 0 Å². The van der Waals surface area contributed by atoms with Crippen molar-refractivity contribution in [2.75, 3.05) is 9.80 Å². The fourth-order valence-corrected chi connectivity index (χ4v) is 15.2. The molecular formula is C87H59N3. The van der Waals surface area contributed by atoms with Gasteiger partial charge in [0, 0.05) is 45.2 Å². The summed E-state index contributed by atoms with van der Waals surface area (Å²) in [6, 6.07) is 125. The lowest BCUT2D eigenvalue weighted by Crippen LogP contribution is -2.30. The van der Waals surface area contributed by atoms with Gasteiger partial charge in [-0.1, -0.05) is 249 Å². The first-order valence-electron chi connectivity index (χ1n) is 31.4. The fourth-order valence-electron chi connectivity index (χ4n) is 15.2. The van der Waals surface area contributed by atoms with Crippen LogP contribution in [0.1, 0.15) is 56.3 Å². The molecule has 1 atom stereocenters. The summed E-state index contributed by atoms with van der Waals surface area (Å²) in [6.45, 7) is 0. The molecule has 90 heavy (non-hydrogen) atoms. The Kier molecular flexibility index (Phi) is 12.1. The molecule has 1 aromatic heterocycles. The number of aromatic nitrogens is 1. The number of benzene rings is 14. The number of para-hydroxylation sites is 2. The van der Waals surface area contributed by atoms with Crippen molar-refractivity contribution < 1.29 is 0 Å². The van der Waals surface area contributed by atoms with Crippen LogP contribution in [0, 0.1) is 0 Å². The van der Waals surface area contributed by atoms with Gasteiger partial charge in [-0.25, -0.2) is 0 Å². The molecule has 3 nitrogen and oxygen atoms in total. The predicted molar refractivity (Wildman–Crippen MR) is 375 cm³/mol. The van der Waals surface area contributed by atoms with E-state index in [2.05, 4.69) is 348 Å². The quantitative estimate of drug-likeness (QED) is 0.143. The number of nitrogens with zero attached hydrogens (tertiary/aromatic N) is 3. The molecule has 15 aromatic rings. The molecule has 0 fully saturated rings. The Bertz CT molecular complexity index is 5070. The summed E-state index contributed by atoms with van der Waals surface area (Å²) in [5.41, 5.74) is 32.4. The van der Waals surface area contributed by atoms with E-state index < -0.39 is 0 Å². The standard InChI is InChI=1S/C87H59N3/c1-6-24-57(25-7-1)62-42-45-81-78(53-62)86-77-44-43-70(88-79-40-22-20-38-75(79)76-39-21-23-41-80(76)88)56-82(77)90(72-51-67(60-30-12-4-13-31-60)48-68(52-72)61-32-14-5-15-33-61)84-55-69(85-73-36-18-16-34-63(73)46-64-35-17-19-37-74(64)85)54-83(87(84)86)89(81)71-49-65(58-26-8-2-9-27-58)47-66(50-71)59-28-10-3-11-29-59/h1-45,47-56,85-86H,46H2. The third-order valence-electron chi connectivity index (χ3n) is 19.2.